The molecule has 0 aromatic heterocycles. The summed E-state index contributed by atoms with van der Waals surface area (Å²) in [6.45, 7) is 3.19. The highest BCUT2D eigenvalue weighted by Crippen LogP contribution is 2.30. The van der Waals surface area contributed by atoms with Crippen LogP contribution in [0.1, 0.15) is 38.2 Å². The van der Waals surface area contributed by atoms with Gasteiger partial charge < -0.3 is 10.1 Å². The van der Waals surface area contributed by atoms with E-state index in [0.29, 0.717) is 10.6 Å². The topological polar surface area (TPSA) is 21.3 Å². The molecule has 0 unspecified atom stereocenters. The van der Waals surface area contributed by atoms with Crippen LogP contribution in [-0.4, -0.2) is 12.6 Å². The van der Waals surface area contributed by atoms with Crippen molar-refractivity contribution in [2.75, 3.05) is 7.11 Å². The van der Waals surface area contributed by atoms with Crippen molar-refractivity contribution in [3.8, 4) is 5.75 Å². The van der Waals surface area contributed by atoms with Crippen molar-refractivity contribution in [1.29, 1.82) is 0 Å². The van der Waals surface area contributed by atoms with E-state index in [1.54, 1.807) is 7.11 Å². The fourth-order valence-electron chi connectivity index (χ4n) is 2.47. The number of ether oxygens (including phenoxy) is 1. The molecule has 0 amide bonds. The largest absolute Gasteiger partial charge is 0.495 e. The number of hydrogen-bond donors (Lipinski definition) is 1. The Balaban J connectivity index is 1.97. The Kier molecular flexibility index (Phi) is 3.95. The fraction of sp³-hybridized carbons (Fsp3) is 0.571. The molecule has 2 rings (SSSR count). The van der Waals surface area contributed by atoms with Gasteiger partial charge in [0, 0.05) is 12.1 Å². The molecule has 3 heteroatoms. The van der Waals surface area contributed by atoms with E-state index in [0.717, 1.165) is 12.3 Å². The Morgan fingerprint density at radius 3 is 2.65 bits per heavy atom. The molecule has 0 bridgehead atoms. The molecule has 0 spiro atoms. The maximum Gasteiger partial charge on any atom is 0.137 e. The third-order valence-electron chi connectivity index (χ3n) is 3.64. The molecule has 0 radical (unpaired) electrons. The molecule has 1 fully saturated rings. The number of halogens is 1. The first-order valence-corrected chi connectivity index (χ1v) is 6.58. The summed E-state index contributed by atoms with van der Waals surface area (Å²) >= 11 is 6.11. The summed E-state index contributed by atoms with van der Waals surface area (Å²) in [6, 6.07) is 5.97. The van der Waals surface area contributed by atoms with Crippen LogP contribution in [0.15, 0.2) is 18.2 Å². The molecular weight excluding hydrogens is 234 g/mol. The molecule has 0 saturated heterocycles. The van der Waals surface area contributed by atoms with Gasteiger partial charge in [-0.2, -0.15) is 0 Å². The predicted octanol–water partition coefficient (Wildman–Crippen LogP) is 3.77. The molecule has 0 heterocycles. The summed E-state index contributed by atoms with van der Waals surface area (Å²) < 4.78 is 5.15. The minimum absolute atomic E-state index is 0.312. The Morgan fingerprint density at radius 1 is 1.35 bits per heavy atom. The standard InChI is InChI=1S/C14H20ClNO/c1-14(7-3-4-8-14)16-10-11-5-6-13(17-2)12(15)9-11/h5-6,9,16H,3-4,7-8,10H2,1-2H3. The van der Waals surface area contributed by atoms with Crippen LogP contribution in [-0.2, 0) is 6.54 Å². The lowest BCUT2D eigenvalue weighted by Crippen LogP contribution is -2.38. The minimum Gasteiger partial charge on any atom is -0.495 e. The third-order valence-corrected chi connectivity index (χ3v) is 3.94. The monoisotopic (exact) mass is 253 g/mol. The van der Waals surface area contributed by atoms with Crippen LogP contribution < -0.4 is 10.1 Å². The lowest BCUT2D eigenvalue weighted by atomic mass is 10.0. The average molecular weight is 254 g/mol. The predicted molar refractivity (Wildman–Crippen MR) is 71.7 cm³/mol. The Bertz CT molecular complexity index is 386. The molecular formula is C14H20ClNO. The maximum absolute atomic E-state index is 6.11. The van der Waals surface area contributed by atoms with Gasteiger partial charge >= 0.3 is 0 Å². The van der Waals surface area contributed by atoms with Crippen molar-refractivity contribution in [1.82, 2.24) is 5.32 Å². The maximum atomic E-state index is 6.11. The highest BCUT2D eigenvalue weighted by atomic mass is 35.5. The molecule has 0 atom stereocenters. The summed E-state index contributed by atoms with van der Waals surface area (Å²) in [5.41, 5.74) is 1.52. The zero-order valence-corrected chi connectivity index (χ0v) is 11.3. The van der Waals surface area contributed by atoms with Gasteiger partial charge in [0.25, 0.3) is 0 Å². The molecule has 1 aromatic carbocycles. The first-order chi connectivity index (χ1) is 8.13. The van der Waals surface area contributed by atoms with Gasteiger partial charge in [-0.05, 0) is 37.5 Å². The van der Waals surface area contributed by atoms with Crippen LogP contribution in [0.2, 0.25) is 5.02 Å². The first-order valence-electron chi connectivity index (χ1n) is 6.20. The van der Waals surface area contributed by atoms with E-state index in [9.17, 15) is 0 Å². The van der Waals surface area contributed by atoms with E-state index >= 15 is 0 Å². The van der Waals surface area contributed by atoms with Crippen LogP contribution in [0.5, 0.6) is 5.75 Å². The van der Waals surface area contributed by atoms with Gasteiger partial charge in [0.05, 0.1) is 12.1 Å². The van der Waals surface area contributed by atoms with Gasteiger partial charge in [0.1, 0.15) is 5.75 Å². The van der Waals surface area contributed by atoms with Gasteiger partial charge in [-0.3, -0.25) is 0 Å². The molecule has 1 saturated carbocycles. The van der Waals surface area contributed by atoms with Crippen LogP contribution in [0.3, 0.4) is 0 Å². The zero-order valence-electron chi connectivity index (χ0n) is 10.6. The molecule has 1 N–H and O–H groups in total. The number of methoxy groups -OCH3 is 1. The summed E-state index contributed by atoms with van der Waals surface area (Å²) in [6.07, 6.45) is 5.23. The van der Waals surface area contributed by atoms with Crippen molar-refractivity contribution >= 4 is 11.6 Å². The fourth-order valence-corrected chi connectivity index (χ4v) is 2.75. The van der Waals surface area contributed by atoms with E-state index in [1.165, 1.54) is 31.2 Å². The average Bonchev–Trinajstić information content (AvgIpc) is 2.74. The second-order valence-electron chi connectivity index (χ2n) is 5.09. The van der Waals surface area contributed by atoms with E-state index in [-0.39, 0.29) is 0 Å². The molecule has 1 aliphatic rings. The van der Waals surface area contributed by atoms with Crippen LogP contribution in [0, 0.1) is 0 Å². The van der Waals surface area contributed by atoms with E-state index < -0.39 is 0 Å². The number of benzene rings is 1. The van der Waals surface area contributed by atoms with Crippen LogP contribution >= 0.6 is 11.6 Å². The summed E-state index contributed by atoms with van der Waals surface area (Å²) in [4.78, 5) is 0. The second-order valence-corrected chi connectivity index (χ2v) is 5.50. The van der Waals surface area contributed by atoms with Crippen molar-refractivity contribution in [2.45, 2.75) is 44.7 Å². The Labute approximate surface area is 108 Å². The second kappa shape index (κ2) is 5.28. The molecule has 1 aliphatic carbocycles. The SMILES string of the molecule is COc1ccc(CNC2(C)CCCC2)cc1Cl. The molecule has 1 aromatic rings. The quantitative estimate of drug-likeness (QED) is 0.882. The molecule has 2 nitrogen and oxygen atoms in total. The van der Waals surface area contributed by atoms with E-state index in [1.807, 2.05) is 12.1 Å². The molecule has 0 aliphatic heterocycles. The minimum atomic E-state index is 0.312. The lowest BCUT2D eigenvalue weighted by Gasteiger charge is -2.25. The summed E-state index contributed by atoms with van der Waals surface area (Å²) in [7, 11) is 1.64. The van der Waals surface area contributed by atoms with E-state index in [2.05, 4.69) is 18.3 Å². The lowest BCUT2D eigenvalue weighted by molar-refractivity contribution is 0.362. The number of nitrogens with one attached hydrogen (secondary N) is 1. The first kappa shape index (κ1) is 12.7. The van der Waals surface area contributed by atoms with Crippen LogP contribution in [0.4, 0.5) is 0 Å². The Hall–Kier alpha value is -0.730. The normalized spacial score (nSPS) is 18.3. The van der Waals surface area contributed by atoms with Gasteiger partial charge in [-0.1, -0.05) is 30.5 Å². The summed E-state index contributed by atoms with van der Waals surface area (Å²) in [5, 5.41) is 4.32. The van der Waals surface area contributed by atoms with Crippen LogP contribution in [0.25, 0.3) is 0 Å². The number of hydrogen-bond acceptors (Lipinski definition) is 2. The Morgan fingerprint density at radius 2 is 2.06 bits per heavy atom. The molecule has 17 heavy (non-hydrogen) atoms. The highest BCUT2D eigenvalue weighted by Gasteiger charge is 2.27. The smallest absolute Gasteiger partial charge is 0.137 e. The number of rotatable bonds is 4. The van der Waals surface area contributed by atoms with Crippen molar-refractivity contribution in [2.24, 2.45) is 0 Å². The van der Waals surface area contributed by atoms with E-state index in [4.69, 9.17) is 16.3 Å². The summed E-state index contributed by atoms with van der Waals surface area (Å²) in [5.74, 6) is 0.738. The third kappa shape index (κ3) is 3.14. The van der Waals surface area contributed by atoms with Gasteiger partial charge in [-0.25, -0.2) is 0 Å². The van der Waals surface area contributed by atoms with Gasteiger partial charge in [0.2, 0.25) is 0 Å². The van der Waals surface area contributed by atoms with Gasteiger partial charge in [-0.15, -0.1) is 0 Å². The van der Waals surface area contributed by atoms with Crippen molar-refractivity contribution in [3.05, 3.63) is 28.8 Å². The van der Waals surface area contributed by atoms with Gasteiger partial charge in [0.15, 0.2) is 0 Å². The zero-order chi connectivity index (χ0) is 12.3. The highest BCUT2D eigenvalue weighted by molar-refractivity contribution is 6.32. The molecule has 94 valence electrons. The van der Waals surface area contributed by atoms with Crippen molar-refractivity contribution < 1.29 is 4.74 Å². The van der Waals surface area contributed by atoms with Crippen molar-refractivity contribution in [3.63, 3.8) is 0 Å².